The van der Waals surface area contributed by atoms with E-state index in [1.54, 1.807) is 0 Å². The van der Waals surface area contributed by atoms with Crippen LogP contribution in [-0.2, 0) is 28.6 Å². The second kappa shape index (κ2) is 43.1. The molecule has 0 aromatic rings. The Balaban J connectivity index is 4.37. The fourth-order valence-corrected chi connectivity index (χ4v) is 6.19. The minimum Gasteiger partial charge on any atom is -0.462 e. The van der Waals surface area contributed by atoms with E-state index in [2.05, 4.69) is 69.4 Å². The lowest BCUT2D eigenvalue weighted by molar-refractivity contribution is -0.167. The molecule has 312 valence electrons. The van der Waals surface area contributed by atoms with E-state index in [-0.39, 0.29) is 31.1 Å². The molecule has 0 saturated heterocycles. The maximum Gasteiger partial charge on any atom is 0.306 e. The number of unbranched alkanes of at least 4 members (excludes halogenated alkanes) is 23. The maximum absolute atomic E-state index is 12.7. The highest BCUT2D eigenvalue weighted by molar-refractivity contribution is 5.71. The van der Waals surface area contributed by atoms with Gasteiger partial charge < -0.3 is 14.2 Å². The zero-order valence-corrected chi connectivity index (χ0v) is 35.5. The lowest BCUT2D eigenvalue weighted by atomic mass is 10.1. The van der Waals surface area contributed by atoms with E-state index < -0.39 is 6.10 Å². The van der Waals surface area contributed by atoms with Crippen LogP contribution in [0.3, 0.4) is 0 Å². The van der Waals surface area contributed by atoms with E-state index in [1.807, 2.05) is 0 Å². The van der Waals surface area contributed by atoms with Gasteiger partial charge in [-0.2, -0.15) is 0 Å². The molecular formula is C48H84O6. The van der Waals surface area contributed by atoms with Crippen molar-refractivity contribution in [2.24, 2.45) is 0 Å². The van der Waals surface area contributed by atoms with Crippen molar-refractivity contribution in [3.8, 4) is 0 Å². The molecule has 0 spiro atoms. The second-order valence-electron chi connectivity index (χ2n) is 15.0. The molecule has 0 heterocycles. The van der Waals surface area contributed by atoms with Crippen molar-refractivity contribution in [2.45, 2.75) is 226 Å². The van der Waals surface area contributed by atoms with E-state index in [1.165, 1.54) is 89.9 Å². The number of hydrogen-bond acceptors (Lipinski definition) is 6. The van der Waals surface area contributed by atoms with E-state index in [4.69, 9.17) is 14.2 Å². The van der Waals surface area contributed by atoms with Gasteiger partial charge in [0.15, 0.2) is 6.10 Å². The molecule has 0 aliphatic carbocycles. The van der Waals surface area contributed by atoms with Gasteiger partial charge in [-0.3, -0.25) is 14.4 Å². The van der Waals surface area contributed by atoms with Crippen LogP contribution in [0, 0.1) is 0 Å². The van der Waals surface area contributed by atoms with Crippen molar-refractivity contribution in [3.05, 3.63) is 48.6 Å². The molecule has 0 N–H and O–H groups in total. The highest BCUT2D eigenvalue weighted by Crippen LogP contribution is 2.14. The summed E-state index contributed by atoms with van der Waals surface area (Å²) in [5, 5.41) is 0. The summed E-state index contributed by atoms with van der Waals surface area (Å²) in [4.78, 5) is 37.7. The van der Waals surface area contributed by atoms with E-state index in [0.29, 0.717) is 19.3 Å². The quantitative estimate of drug-likeness (QED) is 0.0204. The Labute approximate surface area is 333 Å². The molecule has 0 aliphatic heterocycles. The standard InChI is InChI=1S/C48H84O6/c1-4-7-10-13-16-19-22-23-24-25-27-29-32-35-38-41-47(50)53-44-45(43-52-46(49)40-37-34-31-28-21-18-15-12-9-6-3)54-48(51)42-39-36-33-30-26-20-17-14-11-8-5-2/h7,10,13,15-16,18-19,22,45H,4-6,8-9,11-12,14,17,20-21,23-44H2,1-3H3/b10-7-,16-13-,18-15-,22-19-. The van der Waals surface area contributed by atoms with Crippen LogP contribution in [0.4, 0.5) is 0 Å². The summed E-state index contributed by atoms with van der Waals surface area (Å²) in [6, 6.07) is 0. The van der Waals surface area contributed by atoms with Crippen molar-refractivity contribution in [2.75, 3.05) is 13.2 Å². The first-order valence-corrected chi connectivity index (χ1v) is 22.7. The van der Waals surface area contributed by atoms with Crippen LogP contribution < -0.4 is 0 Å². The molecule has 0 amide bonds. The summed E-state index contributed by atoms with van der Waals surface area (Å²) >= 11 is 0. The smallest absolute Gasteiger partial charge is 0.306 e. The molecule has 0 bridgehead atoms. The van der Waals surface area contributed by atoms with Gasteiger partial charge in [0.2, 0.25) is 0 Å². The number of carbonyl (C=O) groups is 3. The molecule has 1 unspecified atom stereocenters. The van der Waals surface area contributed by atoms with Gasteiger partial charge >= 0.3 is 17.9 Å². The largest absolute Gasteiger partial charge is 0.462 e. The summed E-state index contributed by atoms with van der Waals surface area (Å²) < 4.78 is 16.7. The van der Waals surface area contributed by atoms with Gasteiger partial charge in [-0.05, 0) is 57.8 Å². The molecule has 0 fully saturated rings. The fourth-order valence-electron chi connectivity index (χ4n) is 6.19. The van der Waals surface area contributed by atoms with Crippen LogP contribution in [0.1, 0.15) is 220 Å². The molecule has 0 aromatic heterocycles. The average Bonchev–Trinajstić information content (AvgIpc) is 3.17. The molecule has 6 heteroatoms. The number of hydrogen-bond donors (Lipinski definition) is 0. The van der Waals surface area contributed by atoms with Crippen LogP contribution in [-0.4, -0.2) is 37.2 Å². The van der Waals surface area contributed by atoms with Gasteiger partial charge in [0.25, 0.3) is 0 Å². The predicted octanol–water partition coefficient (Wildman–Crippen LogP) is 14.4. The molecule has 0 aliphatic rings. The Morgan fingerprint density at radius 1 is 0.389 bits per heavy atom. The summed E-state index contributed by atoms with van der Waals surface area (Å²) in [7, 11) is 0. The van der Waals surface area contributed by atoms with Crippen molar-refractivity contribution in [1.29, 1.82) is 0 Å². The predicted molar refractivity (Wildman–Crippen MR) is 229 cm³/mol. The number of carbonyl (C=O) groups excluding carboxylic acids is 3. The molecule has 1 atom stereocenters. The van der Waals surface area contributed by atoms with Crippen molar-refractivity contribution < 1.29 is 28.6 Å². The first-order valence-electron chi connectivity index (χ1n) is 22.7. The lowest BCUT2D eigenvalue weighted by Crippen LogP contribution is -2.30. The topological polar surface area (TPSA) is 78.9 Å². The van der Waals surface area contributed by atoms with Crippen molar-refractivity contribution >= 4 is 17.9 Å². The van der Waals surface area contributed by atoms with Gasteiger partial charge in [0.1, 0.15) is 13.2 Å². The second-order valence-corrected chi connectivity index (χ2v) is 15.0. The van der Waals surface area contributed by atoms with Crippen LogP contribution in [0.15, 0.2) is 48.6 Å². The Bertz CT molecular complexity index is 964. The first kappa shape index (κ1) is 51.4. The molecule has 0 radical (unpaired) electrons. The Morgan fingerprint density at radius 3 is 1.22 bits per heavy atom. The SMILES string of the molecule is CC\C=C/C=C\C=C/CCCCCCCCCC(=O)OCC(COC(=O)CCCCCC/C=C\CCCC)OC(=O)CCCCCCCCCCCCC. The minimum absolute atomic E-state index is 0.0818. The third kappa shape index (κ3) is 40.6. The van der Waals surface area contributed by atoms with Gasteiger partial charge in [-0.25, -0.2) is 0 Å². The van der Waals surface area contributed by atoms with Crippen LogP contribution in [0.25, 0.3) is 0 Å². The van der Waals surface area contributed by atoms with Crippen LogP contribution in [0.2, 0.25) is 0 Å². The molecular weight excluding hydrogens is 673 g/mol. The monoisotopic (exact) mass is 757 g/mol. The van der Waals surface area contributed by atoms with E-state index in [0.717, 1.165) is 89.9 Å². The highest BCUT2D eigenvalue weighted by Gasteiger charge is 2.19. The number of esters is 3. The van der Waals surface area contributed by atoms with Gasteiger partial charge in [-0.1, -0.05) is 191 Å². The number of allylic oxidation sites excluding steroid dienone is 8. The molecule has 6 nitrogen and oxygen atoms in total. The highest BCUT2D eigenvalue weighted by atomic mass is 16.6. The van der Waals surface area contributed by atoms with Gasteiger partial charge in [0.05, 0.1) is 0 Å². The molecule has 0 saturated carbocycles. The van der Waals surface area contributed by atoms with Crippen LogP contribution in [0.5, 0.6) is 0 Å². The summed E-state index contributed by atoms with van der Waals surface area (Å²) in [5.74, 6) is -0.908. The maximum atomic E-state index is 12.7. The third-order valence-electron chi connectivity index (χ3n) is 9.63. The normalized spacial score (nSPS) is 12.4. The molecule has 0 aromatic carbocycles. The average molecular weight is 757 g/mol. The Kier molecular flexibility index (Phi) is 41.0. The Hall–Kier alpha value is -2.63. The fraction of sp³-hybridized carbons (Fsp3) is 0.771. The van der Waals surface area contributed by atoms with Gasteiger partial charge in [0, 0.05) is 19.3 Å². The lowest BCUT2D eigenvalue weighted by Gasteiger charge is -2.18. The van der Waals surface area contributed by atoms with Crippen molar-refractivity contribution in [1.82, 2.24) is 0 Å². The third-order valence-corrected chi connectivity index (χ3v) is 9.63. The number of ether oxygens (including phenoxy) is 3. The zero-order chi connectivity index (χ0) is 39.4. The zero-order valence-electron chi connectivity index (χ0n) is 35.5. The van der Waals surface area contributed by atoms with E-state index in [9.17, 15) is 14.4 Å². The first-order chi connectivity index (χ1) is 26.5. The Morgan fingerprint density at radius 2 is 0.759 bits per heavy atom. The number of rotatable bonds is 40. The summed E-state index contributed by atoms with van der Waals surface area (Å²) in [5.41, 5.74) is 0. The molecule has 54 heavy (non-hydrogen) atoms. The molecule has 0 rings (SSSR count). The van der Waals surface area contributed by atoms with E-state index >= 15 is 0 Å². The summed E-state index contributed by atoms with van der Waals surface area (Å²) in [6.07, 6.45) is 49.5. The van der Waals surface area contributed by atoms with Gasteiger partial charge in [-0.15, -0.1) is 0 Å². The van der Waals surface area contributed by atoms with Crippen LogP contribution >= 0.6 is 0 Å². The summed E-state index contributed by atoms with van der Waals surface area (Å²) in [6.45, 7) is 6.43. The minimum atomic E-state index is -0.777. The van der Waals surface area contributed by atoms with Crippen molar-refractivity contribution in [3.63, 3.8) is 0 Å².